The molecule has 4 rings (SSSR count). The summed E-state index contributed by atoms with van der Waals surface area (Å²) in [5.74, 6) is 0.906. The van der Waals surface area contributed by atoms with E-state index in [1.807, 2.05) is 30.3 Å². The van der Waals surface area contributed by atoms with Gasteiger partial charge in [-0.15, -0.1) is 0 Å². The Morgan fingerprint density at radius 3 is 2.66 bits per heavy atom. The number of para-hydroxylation sites is 1. The van der Waals surface area contributed by atoms with Gasteiger partial charge in [0.2, 0.25) is 6.29 Å². The van der Waals surface area contributed by atoms with Crippen LogP contribution in [0.25, 0.3) is 6.08 Å². The lowest BCUT2D eigenvalue weighted by atomic mass is 9.98. The Hall–Kier alpha value is -2.14. The van der Waals surface area contributed by atoms with Crippen molar-refractivity contribution in [1.82, 2.24) is 0 Å². The van der Waals surface area contributed by atoms with Gasteiger partial charge in [0.1, 0.15) is 5.75 Å². The van der Waals surface area contributed by atoms with E-state index in [9.17, 15) is 0 Å². The molecule has 1 saturated heterocycles. The number of hydrogen-bond acceptors (Lipinski definition) is 4. The zero-order valence-corrected chi connectivity index (χ0v) is 19.4. The molecule has 0 bridgehead atoms. The van der Waals surface area contributed by atoms with E-state index in [2.05, 4.69) is 44.2 Å². The van der Waals surface area contributed by atoms with Crippen molar-refractivity contribution in [3.63, 3.8) is 0 Å². The Bertz CT molecular complexity index is 865. The van der Waals surface area contributed by atoms with Gasteiger partial charge in [0, 0.05) is 12.2 Å². The van der Waals surface area contributed by atoms with Gasteiger partial charge in [0.25, 0.3) is 0 Å². The second-order valence-corrected chi connectivity index (χ2v) is 9.39. The van der Waals surface area contributed by atoms with Gasteiger partial charge in [0.15, 0.2) is 6.29 Å². The molecular weight excluding hydrogens is 400 g/mol. The number of hydrogen-bond donors (Lipinski definition) is 0. The first-order valence-electron chi connectivity index (χ1n) is 12.0. The second-order valence-electron chi connectivity index (χ2n) is 9.39. The summed E-state index contributed by atoms with van der Waals surface area (Å²) >= 11 is 0. The van der Waals surface area contributed by atoms with Crippen molar-refractivity contribution in [3.05, 3.63) is 71.3 Å². The molecule has 2 heterocycles. The standard InChI is InChI=1S/C28H36O4/c1-28(2,32-27-12-6-8-20-29-27)19-7-5-9-22-13-15-23(16-14-22)17-18-26-30-21-24-10-3-4-11-25(24)31-26/h3-4,10-11,13-18,26-27H,5-9,12,19-21H2,1-2H3. The van der Waals surface area contributed by atoms with Crippen LogP contribution in [0.15, 0.2) is 54.6 Å². The first-order valence-corrected chi connectivity index (χ1v) is 12.0. The average molecular weight is 437 g/mol. The predicted molar refractivity (Wildman–Crippen MR) is 127 cm³/mol. The minimum Gasteiger partial charge on any atom is -0.461 e. The Morgan fingerprint density at radius 1 is 1.00 bits per heavy atom. The number of ether oxygens (including phenoxy) is 4. The van der Waals surface area contributed by atoms with E-state index in [0.717, 1.165) is 62.0 Å². The molecule has 0 amide bonds. The summed E-state index contributed by atoms with van der Waals surface area (Å²) in [5.41, 5.74) is 3.50. The Labute approximate surface area is 192 Å². The molecule has 0 spiro atoms. The summed E-state index contributed by atoms with van der Waals surface area (Å²) in [6, 6.07) is 16.8. The van der Waals surface area contributed by atoms with Crippen molar-refractivity contribution in [2.45, 2.75) is 83.6 Å². The molecule has 0 N–H and O–H groups in total. The molecule has 2 aliphatic rings. The number of fused-ring (bicyclic) bond motifs is 1. The van der Waals surface area contributed by atoms with E-state index < -0.39 is 0 Å². The molecular formula is C28H36O4. The maximum atomic E-state index is 6.19. The summed E-state index contributed by atoms with van der Waals surface area (Å²) in [6.07, 6.45) is 11.5. The minimum atomic E-state index is -0.339. The fraction of sp³-hybridized carbons (Fsp3) is 0.500. The molecule has 0 aliphatic carbocycles. The normalized spacial score (nSPS) is 21.3. The molecule has 32 heavy (non-hydrogen) atoms. The van der Waals surface area contributed by atoms with E-state index in [1.165, 1.54) is 12.0 Å². The largest absolute Gasteiger partial charge is 0.461 e. The SMILES string of the molecule is CC(C)(CCCCc1ccc(C=CC2OCc3ccccc3O2)cc1)OC1CCCCO1. The van der Waals surface area contributed by atoms with Crippen LogP contribution in [0.4, 0.5) is 0 Å². The van der Waals surface area contributed by atoms with Gasteiger partial charge in [-0.2, -0.15) is 0 Å². The maximum Gasteiger partial charge on any atom is 0.220 e. The summed E-state index contributed by atoms with van der Waals surface area (Å²) in [4.78, 5) is 0. The fourth-order valence-corrected chi connectivity index (χ4v) is 4.25. The van der Waals surface area contributed by atoms with Crippen molar-refractivity contribution >= 4 is 6.08 Å². The average Bonchev–Trinajstić information content (AvgIpc) is 2.81. The van der Waals surface area contributed by atoms with Gasteiger partial charge in [-0.05, 0) is 75.6 Å². The van der Waals surface area contributed by atoms with Crippen LogP contribution in [0.5, 0.6) is 5.75 Å². The zero-order valence-electron chi connectivity index (χ0n) is 19.4. The third-order valence-corrected chi connectivity index (χ3v) is 6.13. The summed E-state index contributed by atoms with van der Waals surface area (Å²) in [5, 5.41) is 0. The van der Waals surface area contributed by atoms with E-state index in [1.54, 1.807) is 0 Å². The number of aryl methyl sites for hydroxylation is 1. The van der Waals surface area contributed by atoms with Gasteiger partial charge in [-0.3, -0.25) is 0 Å². The molecule has 2 unspecified atom stereocenters. The number of benzene rings is 2. The summed E-state index contributed by atoms with van der Waals surface area (Å²) in [6.45, 7) is 5.79. The topological polar surface area (TPSA) is 36.9 Å². The first-order chi connectivity index (χ1) is 15.6. The highest BCUT2D eigenvalue weighted by molar-refractivity contribution is 5.50. The molecule has 4 nitrogen and oxygen atoms in total. The Morgan fingerprint density at radius 2 is 1.84 bits per heavy atom. The lowest BCUT2D eigenvalue weighted by Gasteiger charge is -2.32. The highest BCUT2D eigenvalue weighted by atomic mass is 16.7. The van der Waals surface area contributed by atoms with Crippen molar-refractivity contribution in [2.24, 2.45) is 0 Å². The molecule has 1 fully saturated rings. The van der Waals surface area contributed by atoms with Crippen molar-refractivity contribution < 1.29 is 18.9 Å². The van der Waals surface area contributed by atoms with E-state index in [0.29, 0.717) is 6.61 Å². The number of unbranched alkanes of at least 4 members (excludes halogenated alkanes) is 1. The van der Waals surface area contributed by atoms with Crippen LogP contribution in [-0.2, 0) is 27.2 Å². The van der Waals surface area contributed by atoms with Gasteiger partial charge in [-0.25, -0.2) is 0 Å². The zero-order chi connectivity index (χ0) is 22.2. The third kappa shape index (κ3) is 6.93. The molecule has 172 valence electrons. The van der Waals surface area contributed by atoms with Crippen LogP contribution in [0.3, 0.4) is 0 Å². The van der Waals surface area contributed by atoms with Crippen molar-refractivity contribution in [1.29, 1.82) is 0 Å². The van der Waals surface area contributed by atoms with Crippen molar-refractivity contribution in [3.8, 4) is 5.75 Å². The minimum absolute atomic E-state index is 0.0153. The smallest absolute Gasteiger partial charge is 0.220 e. The summed E-state index contributed by atoms with van der Waals surface area (Å²) < 4.78 is 23.6. The van der Waals surface area contributed by atoms with Crippen molar-refractivity contribution in [2.75, 3.05) is 6.61 Å². The molecule has 0 saturated carbocycles. The van der Waals surface area contributed by atoms with E-state index >= 15 is 0 Å². The lowest BCUT2D eigenvalue weighted by Crippen LogP contribution is -2.34. The van der Waals surface area contributed by atoms with E-state index in [-0.39, 0.29) is 18.2 Å². The lowest BCUT2D eigenvalue weighted by molar-refractivity contribution is -0.217. The Kier molecular flexibility index (Phi) is 8.01. The molecule has 2 aliphatic heterocycles. The Balaban J connectivity index is 1.17. The monoisotopic (exact) mass is 436 g/mol. The molecule has 4 heteroatoms. The van der Waals surface area contributed by atoms with E-state index in [4.69, 9.17) is 18.9 Å². The van der Waals surface area contributed by atoms with Gasteiger partial charge in [-0.1, -0.05) is 55.0 Å². The quantitative estimate of drug-likeness (QED) is 0.411. The molecule has 2 aromatic rings. The van der Waals surface area contributed by atoms with Gasteiger partial charge < -0.3 is 18.9 Å². The van der Waals surface area contributed by atoms with Gasteiger partial charge >= 0.3 is 0 Å². The van der Waals surface area contributed by atoms with Crippen LogP contribution in [0.2, 0.25) is 0 Å². The first kappa shape index (κ1) is 23.0. The van der Waals surface area contributed by atoms with Crippen LogP contribution >= 0.6 is 0 Å². The molecule has 0 radical (unpaired) electrons. The molecule has 2 atom stereocenters. The van der Waals surface area contributed by atoms with Crippen LogP contribution in [0, 0.1) is 0 Å². The highest BCUT2D eigenvalue weighted by Gasteiger charge is 2.25. The summed E-state index contributed by atoms with van der Waals surface area (Å²) in [7, 11) is 0. The predicted octanol–water partition coefficient (Wildman–Crippen LogP) is 6.67. The van der Waals surface area contributed by atoms with Gasteiger partial charge in [0.05, 0.1) is 12.2 Å². The molecule has 0 aromatic heterocycles. The maximum absolute atomic E-state index is 6.19. The fourth-order valence-electron chi connectivity index (χ4n) is 4.25. The van der Waals surface area contributed by atoms with Crippen LogP contribution < -0.4 is 4.74 Å². The van der Waals surface area contributed by atoms with Crippen LogP contribution in [-0.4, -0.2) is 24.8 Å². The molecule has 2 aromatic carbocycles. The highest BCUT2D eigenvalue weighted by Crippen LogP contribution is 2.27. The third-order valence-electron chi connectivity index (χ3n) is 6.13. The number of rotatable bonds is 9. The van der Waals surface area contributed by atoms with Crippen LogP contribution in [0.1, 0.15) is 69.1 Å². The second kappa shape index (κ2) is 11.1.